The van der Waals surface area contributed by atoms with E-state index >= 15 is 0 Å². The average molecular weight is 314 g/mol. The minimum absolute atomic E-state index is 0.0161. The van der Waals surface area contributed by atoms with Gasteiger partial charge >= 0.3 is 16.1 Å². The summed E-state index contributed by atoms with van der Waals surface area (Å²) in [5.41, 5.74) is 0.123. The molecular formula is C15H22O5S. The number of ether oxygens (including phenoxy) is 1. The molecule has 0 saturated carbocycles. The smallest absolute Gasteiger partial charge is 0.341 e. The average Bonchev–Trinajstić information content (AvgIpc) is 2.43. The molecule has 0 heterocycles. The summed E-state index contributed by atoms with van der Waals surface area (Å²) in [6.07, 6.45) is 1.27. The normalized spacial score (nSPS) is 11.4. The predicted molar refractivity (Wildman–Crippen MR) is 80.9 cm³/mol. The summed E-state index contributed by atoms with van der Waals surface area (Å²) < 4.78 is 33.8. The van der Waals surface area contributed by atoms with Crippen molar-refractivity contribution in [3.05, 3.63) is 29.8 Å². The highest BCUT2D eigenvalue weighted by Crippen LogP contribution is 2.21. The fourth-order valence-corrected chi connectivity index (χ4v) is 2.67. The van der Waals surface area contributed by atoms with Gasteiger partial charge in [-0.05, 0) is 24.5 Å². The number of carbonyl (C=O) groups excluding carboxylic acids is 1. The molecule has 6 heteroatoms. The van der Waals surface area contributed by atoms with Crippen LogP contribution in [0.15, 0.2) is 24.3 Å². The first-order valence-electron chi connectivity index (χ1n) is 7.04. The van der Waals surface area contributed by atoms with Crippen molar-refractivity contribution in [2.24, 2.45) is 5.92 Å². The Labute approximate surface area is 126 Å². The summed E-state index contributed by atoms with van der Waals surface area (Å²) in [7, 11) is -3.69. The number of para-hydroxylation sites is 1. The molecule has 0 bridgehead atoms. The van der Waals surface area contributed by atoms with Gasteiger partial charge in [0.25, 0.3) is 0 Å². The molecule has 5 nitrogen and oxygen atoms in total. The summed E-state index contributed by atoms with van der Waals surface area (Å²) in [4.78, 5) is 12.0. The maximum atomic E-state index is 12.0. The molecule has 0 fully saturated rings. The van der Waals surface area contributed by atoms with Gasteiger partial charge in [0.1, 0.15) is 5.56 Å². The van der Waals surface area contributed by atoms with Crippen molar-refractivity contribution in [2.45, 2.75) is 33.6 Å². The lowest BCUT2D eigenvalue weighted by Crippen LogP contribution is -2.17. The number of hydrogen-bond acceptors (Lipinski definition) is 5. The van der Waals surface area contributed by atoms with E-state index in [4.69, 9.17) is 8.92 Å². The number of esters is 1. The highest BCUT2D eigenvalue weighted by Gasteiger charge is 2.19. The van der Waals surface area contributed by atoms with Crippen LogP contribution >= 0.6 is 0 Å². The molecule has 0 radical (unpaired) electrons. The highest BCUT2D eigenvalue weighted by atomic mass is 32.2. The quantitative estimate of drug-likeness (QED) is 0.545. The van der Waals surface area contributed by atoms with E-state index in [-0.39, 0.29) is 29.6 Å². The molecule has 1 aromatic rings. The molecule has 1 aromatic carbocycles. The Bertz CT molecular complexity index is 563. The molecule has 0 aliphatic heterocycles. The zero-order valence-corrected chi connectivity index (χ0v) is 13.5. The third kappa shape index (κ3) is 6.16. The zero-order chi connectivity index (χ0) is 15.9. The van der Waals surface area contributed by atoms with Gasteiger partial charge < -0.3 is 8.92 Å². The molecule has 0 amide bonds. The van der Waals surface area contributed by atoms with Gasteiger partial charge in [-0.3, -0.25) is 0 Å². The maximum Gasteiger partial charge on any atom is 0.341 e. The second-order valence-corrected chi connectivity index (χ2v) is 6.88. The van der Waals surface area contributed by atoms with Gasteiger partial charge in [0.15, 0.2) is 5.75 Å². The van der Waals surface area contributed by atoms with Crippen LogP contribution in [0.2, 0.25) is 0 Å². The van der Waals surface area contributed by atoms with E-state index in [2.05, 4.69) is 0 Å². The van der Waals surface area contributed by atoms with E-state index in [0.29, 0.717) is 6.42 Å². The monoisotopic (exact) mass is 314 g/mol. The molecule has 0 atom stereocenters. The molecule has 0 N–H and O–H groups in total. The summed E-state index contributed by atoms with van der Waals surface area (Å²) >= 11 is 0. The van der Waals surface area contributed by atoms with Gasteiger partial charge in [0, 0.05) is 0 Å². The lowest BCUT2D eigenvalue weighted by Gasteiger charge is -2.12. The van der Waals surface area contributed by atoms with Crippen LogP contribution in [0.3, 0.4) is 0 Å². The zero-order valence-electron chi connectivity index (χ0n) is 12.7. The number of hydrogen-bond donors (Lipinski definition) is 0. The van der Waals surface area contributed by atoms with Crippen LogP contribution in [0.1, 0.15) is 44.0 Å². The van der Waals surface area contributed by atoms with E-state index in [1.54, 1.807) is 12.1 Å². The Morgan fingerprint density at radius 2 is 1.90 bits per heavy atom. The molecule has 0 aromatic heterocycles. The van der Waals surface area contributed by atoms with E-state index in [9.17, 15) is 13.2 Å². The Hall–Kier alpha value is -1.56. The van der Waals surface area contributed by atoms with Crippen LogP contribution in [0, 0.1) is 5.92 Å². The van der Waals surface area contributed by atoms with Crippen molar-refractivity contribution in [3.63, 3.8) is 0 Å². The van der Waals surface area contributed by atoms with Crippen LogP contribution in [-0.2, 0) is 14.9 Å². The summed E-state index contributed by atoms with van der Waals surface area (Å²) in [5, 5.41) is 0. The van der Waals surface area contributed by atoms with E-state index in [1.807, 2.05) is 20.8 Å². The summed E-state index contributed by atoms with van der Waals surface area (Å²) in [6.45, 7) is 6.01. The van der Waals surface area contributed by atoms with Crippen molar-refractivity contribution in [3.8, 4) is 5.75 Å². The van der Waals surface area contributed by atoms with Gasteiger partial charge in [-0.15, -0.1) is 0 Å². The Balaban J connectivity index is 2.86. The van der Waals surface area contributed by atoms with Crippen LogP contribution in [0.4, 0.5) is 0 Å². The van der Waals surface area contributed by atoms with Crippen LogP contribution in [-0.4, -0.2) is 26.7 Å². The van der Waals surface area contributed by atoms with E-state index < -0.39 is 16.1 Å². The van der Waals surface area contributed by atoms with Crippen LogP contribution < -0.4 is 4.18 Å². The van der Waals surface area contributed by atoms with Crippen molar-refractivity contribution in [1.29, 1.82) is 0 Å². The van der Waals surface area contributed by atoms with E-state index in [1.165, 1.54) is 12.1 Å². The first-order chi connectivity index (χ1) is 9.85. The largest absolute Gasteiger partial charge is 0.462 e. The number of rotatable bonds is 8. The highest BCUT2D eigenvalue weighted by molar-refractivity contribution is 7.87. The molecule has 21 heavy (non-hydrogen) atoms. The Morgan fingerprint density at radius 1 is 1.24 bits per heavy atom. The Kier molecular flexibility index (Phi) is 6.68. The van der Waals surface area contributed by atoms with Crippen molar-refractivity contribution in [2.75, 3.05) is 12.4 Å². The minimum atomic E-state index is -3.69. The standard InChI is InChI=1S/C15H22O5S/c1-4-5-10-21(17,18)20-14-9-7-6-8-13(14)15(16)19-11-12(2)3/h6-9,12H,4-5,10-11H2,1-3H3. The molecular weight excluding hydrogens is 292 g/mol. The van der Waals surface area contributed by atoms with Crippen molar-refractivity contribution in [1.82, 2.24) is 0 Å². The van der Waals surface area contributed by atoms with Crippen LogP contribution in [0.5, 0.6) is 5.75 Å². The van der Waals surface area contributed by atoms with Crippen molar-refractivity contribution >= 4 is 16.1 Å². The topological polar surface area (TPSA) is 69.7 Å². The molecule has 1 rings (SSSR count). The molecule has 118 valence electrons. The second-order valence-electron chi connectivity index (χ2n) is 5.19. The van der Waals surface area contributed by atoms with Crippen LogP contribution in [0.25, 0.3) is 0 Å². The van der Waals surface area contributed by atoms with Gasteiger partial charge in [-0.2, -0.15) is 8.42 Å². The molecule has 0 saturated heterocycles. The number of unbranched alkanes of at least 4 members (excludes halogenated alkanes) is 1. The summed E-state index contributed by atoms with van der Waals surface area (Å²) in [6, 6.07) is 6.20. The molecule has 0 aliphatic carbocycles. The van der Waals surface area contributed by atoms with Gasteiger partial charge in [0.05, 0.1) is 12.4 Å². The number of benzene rings is 1. The second kappa shape index (κ2) is 8.02. The Morgan fingerprint density at radius 3 is 2.52 bits per heavy atom. The summed E-state index contributed by atoms with van der Waals surface area (Å²) in [5.74, 6) is -0.429. The number of carbonyl (C=O) groups is 1. The molecule has 0 aliphatic rings. The fraction of sp³-hybridized carbons (Fsp3) is 0.533. The SMILES string of the molecule is CCCCS(=O)(=O)Oc1ccccc1C(=O)OCC(C)C. The molecule has 0 spiro atoms. The van der Waals surface area contributed by atoms with Gasteiger partial charge in [-0.25, -0.2) is 4.79 Å². The lowest BCUT2D eigenvalue weighted by molar-refractivity contribution is 0.0457. The first-order valence-corrected chi connectivity index (χ1v) is 8.61. The fourth-order valence-electron chi connectivity index (χ4n) is 1.53. The maximum absolute atomic E-state index is 12.0. The predicted octanol–water partition coefficient (Wildman–Crippen LogP) is 3.01. The third-order valence-corrected chi connectivity index (χ3v) is 3.84. The van der Waals surface area contributed by atoms with Crippen molar-refractivity contribution < 1.29 is 22.1 Å². The lowest BCUT2D eigenvalue weighted by atomic mass is 10.2. The third-order valence-electron chi connectivity index (χ3n) is 2.62. The minimum Gasteiger partial charge on any atom is -0.462 e. The first kappa shape index (κ1) is 17.5. The molecule has 0 unspecified atom stereocenters. The van der Waals surface area contributed by atoms with E-state index in [0.717, 1.165) is 6.42 Å². The van der Waals surface area contributed by atoms with Gasteiger partial charge in [-0.1, -0.05) is 39.3 Å². The van der Waals surface area contributed by atoms with Gasteiger partial charge in [0.2, 0.25) is 0 Å².